The summed E-state index contributed by atoms with van der Waals surface area (Å²) in [4.78, 5) is 12.5. The maximum Gasteiger partial charge on any atom is 0.270 e. The van der Waals surface area contributed by atoms with Crippen molar-refractivity contribution in [2.75, 3.05) is 0 Å². The minimum absolute atomic E-state index is 0.141. The van der Waals surface area contributed by atoms with E-state index in [0.717, 1.165) is 11.1 Å². The average molecular weight is 291 g/mol. The molecular weight excluding hydrogens is 274 g/mol. The van der Waals surface area contributed by atoms with E-state index >= 15 is 0 Å². The molecule has 0 saturated carbocycles. The van der Waals surface area contributed by atoms with Gasteiger partial charge in [-0.3, -0.25) is 9.48 Å². The van der Waals surface area contributed by atoms with Crippen LogP contribution in [0.4, 0.5) is 0 Å². The van der Waals surface area contributed by atoms with Crippen molar-refractivity contribution in [1.82, 2.24) is 15.1 Å². The van der Waals surface area contributed by atoms with Crippen molar-refractivity contribution in [2.45, 2.75) is 6.04 Å². The summed E-state index contributed by atoms with van der Waals surface area (Å²) in [6.45, 7) is 0. The largest absolute Gasteiger partial charge is 0.340 e. The van der Waals surface area contributed by atoms with Crippen LogP contribution in [0.1, 0.15) is 27.7 Å². The van der Waals surface area contributed by atoms with Crippen LogP contribution >= 0.6 is 0 Å². The van der Waals surface area contributed by atoms with E-state index in [1.165, 1.54) is 0 Å². The number of rotatable bonds is 4. The average Bonchev–Trinajstić information content (AvgIpc) is 3.00. The second-order valence-corrected chi connectivity index (χ2v) is 5.07. The fourth-order valence-corrected chi connectivity index (χ4v) is 2.45. The Hall–Kier alpha value is -2.88. The van der Waals surface area contributed by atoms with Gasteiger partial charge in [-0.1, -0.05) is 60.7 Å². The second-order valence-electron chi connectivity index (χ2n) is 5.07. The maximum atomic E-state index is 12.5. The quantitative estimate of drug-likeness (QED) is 0.803. The molecule has 0 atom stereocenters. The van der Waals surface area contributed by atoms with Crippen molar-refractivity contribution in [2.24, 2.45) is 7.05 Å². The molecule has 3 aromatic rings. The molecule has 4 heteroatoms. The Morgan fingerprint density at radius 3 is 1.95 bits per heavy atom. The molecule has 4 nitrogen and oxygen atoms in total. The molecule has 0 saturated heterocycles. The molecule has 0 aliphatic carbocycles. The first-order valence-corrected chi connectivity index (χ1v) is 7.14. The highest BCUT2D eigenvalue weighted by Gasteiger charge is 2.19. The van der Waals surface area contributed by atoms with Crippen molar-refractivity contribution in [3.63, 3.8) is 0 Å². The predicted molar refractivity (Wildman–Crippen MR) is 85.4 cm³/mol. The van der Waals surface area contributed by atoms with Crippen LogP contribution in [0.2, 0.25) is 0 Å². The lowest BCUT2D eigenvalue weighted by Gasteiger charge is -2.20. The Labute approximate surface area is 129 Å². The van der Waals surface area contributed by atoms with Crippen molar-refractivity contribution in [3.05, 3.63) is 89.7 Å². The highest BCUT2D eigenvalue weighted by molar-refractivity contribution is 5.93. The summed E-state index contributed by atoms with van der Waals surface area (Å²) in [6.07, 6.45) is 1.62. The number of nitrogens with zero attached hydrogens (tertiary/aromatic N) is 2. The van der Waals surface area contributed by atoms with Crippen LogP contribution < -0.4 is 5.32 Å². The fourth-order valence-electron chi connectivity index (χ4n) is 2.45. The van der Waals surface area contributed by atoms with E-state index < -0.39 is 0 Å². The fraction of sp³-hybridized carbons (Fsp3) is 0.111. The Morgan fingerprint density at radius 2 is 1.50 bits per heavy atom. The van der Waals surface area contributed by atoms with E-state index in [1.54, 1.807) is 24.0 Å². The van der Waals surface area contributed by atoms with Gasteiger partial charge < -0.3 is 5.32 Å². The molecule has 0 aliphatic rings. The lowest BCUT2D eigenvalue weighted by atomic mass is 9.98. The molecule has 3 rings (SSSR count). The third-order valence-corrected chi connectivity index (χ3v) is 3.59. The smallest absolute Gasteiger partial charge is 0.270 e. The molecule has 2 aromatic carbocycles. The zero-order valence-electron chi connectivity index (χ0n) is 12.3. The maximum absolute atomic E-state index is 12.5. The van der Waals surface area contributed by atoms with Gasteiger partial charge >= 0.3 is 0 Å². The number of amides is 1. The van der Waals surface area contributed by atoms with Crippen molar-refractivity contribution in [1.29, 1.82) is 0 Å². The molecule has 1 amide bonds. The summed E-state index contributed by atoms with van der Waals surface area (Å²) in [7, 11) is 1.76. The first-order valence-electron chi connectivity index (χ1n) is 7.14. The number of hydrogen-bond acceptors (Lipinski definition) is 2. The zero-order chi connectivity index (χ0) is 15.4. The number of carbonyl (C=O) groups is 1. The normalized spacial score (nSPS) is 10.6. The number of hydrogen-bond donors (Lipinski definition) is 1. The van der Waals surface area contributed by atoms with Crippen LogP contribution in [0.5, 0.6) is 0 Å². The Kier molecular flexibility index (Phi) is 4.01. The first kappa shape index (κ1) is 14.1. The highest BCUT2D eigenvalue weighted by Crippen LogP contribution is 2.22. The standard InChI is InChI=1S/C18H17N3O/c1-21-16(12-13-19-21)18(22)20-17(14-8-4-2-5-9-14)15-10-6-3-7-11-15/h2-13,17H,1H3,(H,20,22). The van der Waals surface area contributed by atoms with Crippen LogP contribution in [-0.4, -0.2) is 15.7 Å². The van der Waals surface area contributed by atoms with Gasteiger partial charge in [0.15, 0.2) is 0 Å². The van der Waals surface area contributed by atoms with Crippen LogP contribution in [0.3, 0.4) is 0 Å². The molecule has 0 unspecified atom stereocenters. The summed E-state index contributed by atoms with van der Waals surface area (Å²) in [6, 6.07) is 21.4. The van der Waals surface area contributed by atoms with Gasteiger partial charge in [-0.2, -0.15) is 5.10 Å². The van der Waals surface area contributed by atoms with Gasteiger partial charge in [-0.15, -0.1) is 0 Å². The number of aryl methyl sites for hydroxylation is 1. The van der Waals surface area contributed by atoms with Crippen LogP contribution in [-0.2, 0) is 7.05 Å². The summed E-state index contributed by atoms with van der Waals surface area (Å²) >= 11 is 0. The topological polar surface area (TPSA) is 46.9 Å². The summed E-state index contributed by atoms with van der Waals surface area (Å²) in [5.41, 5.74) is 2.63. The summed E-state index contributed by atoms with van der Waals surface area (Å²) < 4.78 is 1.57. The first-order chi connectivity index (χ1) is 10.8. The van der Waals surface area contributed by atoms with Gasteiger partial charge in [-0.25, -0.2) is 0 Å². The van der Waals surface area contributed by atoms with Crippen molar-refractivity contribution < 1.29 is 4.79 Å². The number of nitrogens with one attached hydrogen (secondary N) is 1. The molecule has 0 fully saturated rings. The van der Waals surface area contributed by atoms with E-state index in [2.05, 4.69) is 10.4 Å². The lowest BCUT2D eigenvalue weighted by Crippen LogP contribution is -2.30. The molecule has 22 heavy (non-hydrogen) atoms. The third kappa shape index (κ3) is 2.91. The van der Waals surface area contributed by atoms with Gasteiger partial charge in [0.05, 0.1) is 6.04 Å². The molecule has 110 valence electrons. The third-order valence-electron chi connectivity index (χ3n) is 3.59. The van der Waals surface area contributed by atoms with Gasteiger partial charge in [0, 0.05) is 13.2 Å². The van der Waals surface area contributed by atoms with E-state index in [4.69, 9.17) is 0 Å². The van der Waals surface area contributed by atoms with Gasteiger partial charge in [-0.05, 0) is 17.2 Å². The van der Waals surface area contributed by atoms with Crippen molar-refractivity contribution >= 4 is 5.91 Å². The van der Waals surface area contributed by atoms with E-state index in [-0.39, 0.29) is 11.9 Å². The Morgan fingerprint density at radius 1 is 0.955 bits per heavy atom. The minimum atomic E-state index is -0.190. The number of benzene rings is 2. The SMILES string of the molecule is Cn1nccc1C(=O)NC(c1ccccc1)c1ccccc1. The second kappa shape index (κ2) is 6.26. The zero-order valence-corrected chi connectivity index (χ0v) is 12.3. The van der Waals surface area contributed by atoms with E-state index in [0.29, 0.717) is 5.69 Å². The molecule has 0 radical (unpaired) electrons. The molecule has 0 bridgehead atoms. The van der Waals surface area contributed by atoms with Crippen LogP contribution in [0.25, 0.3) is 0 Å². The molecule has 1 aromatic heterocycles. The Bertz CT molecular complexity index is 711. The molecular formula is C18H17N3O. The van der Waals surface area contributed by atoms with E-state index in [9.17, 15) is 4.79 Å². The number of carbonyl (C=O) groups excluding carboxylic acids is 1. The van der Waals surface area contributed by atoms with Crippen molar-refractivity contribution in [3.8, 4) is 0 Å². The minimum Gasteiger partial charge on any atom is -0.340 e. The van der Waals surface area contributed by atoms with Gasteiger partial charge in [0.1, 0.15) is 5.69 Å². The van der Waals surface area contributed by atoms with Crippen LogP contribution in [0, 0.1) is 0 Å². The highest BCUT2D eigenvalue weighted by atomic mass is 16.2. The van der Waals surface area contributed by atoms with Gasteiger partial charge in [0.2, 0.25) is 0 Å². The summed E-state index contributed by atoms with van der Waals surface area (Å²) in [5.74, 6) is -0.141. The van der Waals surface area contributed by atoms with Gasteiger partial charge in [0.25, 0.3) is 5.91 Å². The molecule has 0 aliphatic heterocycles. The number of aromatic nitrogens is 2. The predicted octanol–water partition coefficient (Wildman–Crippen LogP) is 2.94. The summed E-state index contributed by atoms with van der Waals surface area (Å²) in [5, 5.41) is 7.14. The molecule has 1 heterocycles. The van der Waals surface area contributed by atoms with Crippen LogP contribution in [0.15, 0.2) is 72.9 Å². The Balaban J connectivity index is 1.93. The lowest BCUT2D eigenvalue weighted by molar-refractivity contribution is 0.0933. The molecule has 1 N–H and O–H groups in total. The van der Waals surface area contributed by atoms with E-state index in [1.807, 2.05) is 60.7 Å². The molecule has 0 spiro atoms. The monoisotopic (exact) mass is 291 g/mol.